The van der Waals surface area contributed by atoms with Crippen molar-refractivity contribution in [3.05, 3.63) is 17.5 Å². The first-order chi connectivity index (χ1) is 6.88. The Hall–Kier alpha value is -1.53. The number of alkyl halides is 3. The lowest BCUT2D eigenvalue weighted by molar-refractivity contribution is -0.138. The van der Waals surface area contributed by atoms with Gasteiger partial charge in [0, 0.05) is 7.05 Å². The molecular formula is C8H9F3N2O2. The summed E-state index contributed by atoms with van der Waals surface area (Å²) >= 11 is 0. The third kappa shape index (κ3) is 2.28. The van der Waals surface area contributed by atoms with Crippen molar-refractivity contribution in [2.45, 2.75) is 13.1 Å². The van der Waals surface area contributed by atoms with Gasteiger partial charge in [0.05, 0.1) is 12.8 Å². The van der Waals surface area contributed by atoms with E-state index in [0.717, 1.165) is 4.68 Å². The smallest absolute Gasteiger partial charge is 0.420 e. The molecule has 1 rings (SSSR count). The molecule has 0 fully saturated rings. The molecule has 0 amide bonds. The molecule has 0 aliphatic rings. The van der Waals surface area contributed by atoms with E-state index < -0.39 is 23.4 Å². The summed E-state index contributed by atoms with van der Waals surface area (Å²) in [5.74, 6) is -1.02. The molecule has 1 heterocycles. The minimum atomic E-state index is -4.60. The number of carbonyl (C=O) groups excluding carboxylic acids is 1. The zero-order valence-electron chi connectivity index (χ0n) is 8.13. The minimum Gasteiger partial charge on any atom is -0.461 e. The van der Waals surface area contributed by atoms with Crippen LogP contribution in [0, 0.1) is 0 Å². The van der Waals surface area contributed by atoms with E-state index in [-0.39, 0.29) is 6.61 Å². The Kier molecular flexibility index (Phi) is 3.01. The second-order valence-corrected chi connectivity index (χ2v) is 2.75. The molecule has 15 heavy (non-hydrogen) atoms. The van der Waals surface area contributed by atoms with Gasteiger partial charge in [-0.3, -0.25) is 4.68 Å². The standard InChI is InChI=1S/C8H9F3N2O2/c1-3-15-7(14)6-5(8(9,10)11)4-12-13(6)2/h4H,3H2,1-2H3. The number of aryl methyl sites for hydroxylation is 1. The van der Waals surface area contributed by atoms with E-state index >= 15 is 0 Å². The average Bonchev–Trinajstić information content (AvgIpc) is 2.46. The zero-order chi connectivity index (χ0) is 11.6. The first kappa shape index (κ1) is 11.5. The Labute approximate surface area is 83.6 Å². The van der Waals surface area contributed by atoms with Gasteiger partial charge < -0.3 is 4.74 Å². The maximum absolute atomic E-state index is 12.4. The molecule has 0 N–H and O–H groups in total. The van der Waals surface area contributed by atoms with Crippen molar-refractivity contribution >= 4 is 5.97 Å². The fraction of sp³-hybridized carbons (Fsp3) is 0.500. The summed E-state index contributed by atoms with van der Waals surface area (Å²) in [7, 11) is 1.25. The van der Waals surface area contributed by atoms with Crippen molar-refractivity contribution in [2.75, 3.05) is 6.61 Å². The normalized spacial score (nSPS) is 11.5. The molecule has 7 heteroatoms. The SMILES string of the molecule is CCOC(=O)c1c(C(F)(F)F)cnn1C. The lowest BCUT2D eigenvalue weighted by Crippen LogP contribution is -2.17. The lowest BCUT2D eigenvalue weighted by Gasteiger charge is -2.07. The van der Waals surface area contributed by atoms with Gasteiger partial charge in [-0.25, -0.2) is 4.79 Å². The van der Waals surface area contributed by atoms with E-state index in [1.54, 1.807) is 0 Å². The highest BCUT2D eigenvalue weighted by Crippen LogP contribution is 2.31. The maximum Gasteiger partial charge on any atom is 0.420 e. The fourth-order valence-electron chi connectivity index (χ4n) is 1.09. The molecule has 0 bridgehead atoms. The highest BCUT2D eigenvalue weighted by Gasteiger charge is 2.38. The first-order valence-corrected chi connectivity index (χ1v) is 4.14. The van der Waals surface area contributed by atoms with Gasteiger partial charge in [-0.15, -0.1) is 0 Å². The van der Waals surface area contributed by atoms with Crippen LogP contribution < -0.4 is 0 Å². The number of nitrogens with zero attached hydrogens (tertiary/aromatic N) is 2. The summed E-state index contributed by atoms with van der Waals surface area (Å²) in [5.41, 5.74) is -1.66. The summed E-state index contributed by atoms with van der Waals surface area (Å²) in [6, 6.07) is 0. The molecule has 84 valence electrons. The van der Waals surface area contributed by atoms with Crippen molar-refractivity contribution in [3.8, 4) is 0 Å². The molecule has 0 radical (unpaired) electrons. The summed E-state index contributed by atoms with van der Waals surface area (Å²) < 4.78 is 42.6. The van der Waals surface area contributed by atoms with Crippen LogP contribution in [0.2, 0.25) is 0 Å². The van der Waals surface area contributed by atoms with Crippen molar-refractivity contribution in [2.24, 2.45) is 7.05 Å². The van der Waals surface area contributed by atoms with Gasteiger partial charge in [0.15, 0.2) is 5.69 Å². The number of carbonyl (C=O) groups is 1. The van der Waals surface area contributed by atoms with E-state index in [2.05, 4.69) is 9.84 Å². The van der Waals surface area contributed by atoms with Crippen molar-refractivity contribution in [1.29, 1.82) is 0 Å². The monoisotopic (exact) mass is 222 g/mol. The third-order valence-electron chi connectivity index (χ3n) is 1.71. The van der Waals surface area contributed by atoms with Gasteiger partial charge in [-0.1, -0.05) is 0 Å². The molecule has 0 unspecified atom stereocenters. The number of aromatic nitrogens is 2. The van der Waals surface area contributed by atoms with Crippen LogP contribution in [0.15, 0.2) is 6.20 Å². The Bertz CT molecular complexity index is 370. The van der Waals surface area contributed by atoms with E-state index in [0.29, 0.717) is 6.20 Å². The summed E-state index contributed by atoms with van der Waals surface area (Å²) in [6.45, 7) is 1.53. The number of esters is 1. The third-order valence-corrected chi connectivity index (χ3v) is 1.71. The molecule has 0 saturated heterocycles. The second-order valence-electron chi connectivity index (χ2n) is 2.75. The Morgan fingerprint density at radius 1 is 1.60 bits per heavy atom. The number of ether oxygens (including phenoxy) is 1. The summed E-state index contributed by atoms with van der Waals surface area (Å²) in [6.07, 6.45) is -4.00. The van der Waals surface area contributed by atoms with E-state index in [1.807, 2.05) is 0 Å². The average molecular weight is 222 g/mol. The van der Waals surface area contributed by atoms with E-state index in [4.69, 9.17) is 0 Å². The molecular weight excluding hydrogens is 213 g/mol. The van der Waals surface area contributed by atoms with Crippen LogP contribution >= 0.6 is 0 Å². The highest BCUT2D eigenvalue weighted by molar-refractivity contribution is 5.89. The van der Waals surface area contributed by atoms with Crippen LogP contribution in [-0.2, 0) is 18.0 Å². The fourth-order valence-corrected chi connectivity index (χ4v) is 1.09. The van der Waals surface area contributed by atoms with Crippen LogP contribution in [0.4, 0.5) is 13.2 Å². The Morgan fingerprint density at radius 2 is 2.20 bits per heavy atom. The Balaban J connectivity index is 3.16. The lowest BCUT2D eigenvalue weighted by atomic mass is 10.2. The maximum atomic E-state index is 12.4. The molecule has 0 aliphatic carbocycles. The van der Waals surface area contributed by atoms with E-state index in [9.17, 15) is 18.0 Å². The van der Waals surface area contributed by atoms with Gasteiger partial charge in [-0.05, 0) is 6.92 Å². The number of hydrogen-bond acceptors (Lipinski definition) is 3. The second kappa shape index (κ2) is 3.92. The quantitative estimate of drug-likeness (QED) is 0.714. The molecule has 4 nitrogen and oxygen atoms in total. The van der Waals surface area contributed by atoms with Crippen LogP contribution in [-0.4, -0.2) is 22.4 Å². The van der Waals surface area contributed by atoms with E-state index in [1.165, 1.54) is 14.0 Å². The topological polar surface area (TPSA) is 44.1 Å². The highest BCUT2D eigenvalue weighted by atomic mass is 19.4. The van der Waals surface area contributed by atoms with Gasteiger partial charge in [0.1, 0.15) is 5.56 Å². The molecule has 0 spiro atoms. The van der Waals surface area contributed by atoms with Crippen molar-refractivity contribution < 1.29 is 22.7 Å². The minimum absolute atomic E-state index is 0.0152. The van der Waals surface area contributed by atoms with Crippen LogP contribution in [0.1, 0.15) is 23.0 Å². The first-order valence-electron chi connectivity index (χ1n) is 4.14. The number of hydrogen-bond donors (Lipinski definition) is 0. The van der Waals surface area contributed by atoms with Crippen LogP contribution in [0.25, 0.3) is 0 Å². The molecule has 0 aromatic carbocycles. The van der Waals surface area contributed by atoms with Crippen molar-refractivity contribution in [1.82, 2.24) is 9.78 Å². The summed E-state index contributed by atoms with van der Waals surface area (Å²) in [5, 5.41) is 3.38. The Morgan fingerprint density at radius 3 is 2.67 bits per heavy atom. The molecule has 0 saturated carbocycles. The van der Waals surface area contributed by atoms with Gasteiger partial charge in [0.2, 0.25) is 0 Å². The molecule has 0 atom stereocenters. The predicted octanol–water partition coefficient (Wildman–Crippen LogP) is 1.62. The number of halogens is 3. The molecule has 1 aromatic heterocycles. The van der Waals surface area contributed by atoms with Crippen LogP contribution in [0.5, 0.6) is 0 Å². The van der Waals surface area contributed by atoms with Crippen molar-refractivity contribution in [3.63, 3.8) is 0 Å². The predicted molar refractivity (Wildman–Crippen MR) is 44.2 cm³/mol. The molecule has 0 aliphatic heterocycles. The summed E-state index contributed by atoms with van der Waals surface area (Å²) in [4.78, 5) is 11.2. The number of rotatable bonds is 2. The zero-order valence-corrected chi connectivity index (χ0v) is 8.13. The largest absolute Gasteiger partial charge is 0.461 e. The van der Waals surface area contributed by atoms with Gasteiger partial charge in [0.25, 0.3) is 0 Å². The van der Waals surface area contributed by atoms with Gasteiger partial charge in [-0.2, -0.15) is 18.3 Å². The van der Waals surface area contributed by atoms with Gasteiger partial charge >= 0.3 is 12.1 Å². The van der Waals surface area contributed by atoms with Crippen LogP contribution in [0.3, 0.4) is 0 Å². The molecule has 1 aromatic rings.